The molecule has 0 spiro atoms. The Balaban J connectivity index is 1.91. The van der Waals surface area contributed by atoms with E-state index in [4.69, 9.17) is 4.98 Å². The molecule has 0 saturated carbocycles. The summed E-state index contributed by atoms with van der Waals surface area (Å²) >= 11 is 1.88. The van der Waals surface area contributed by atoms with E-state index >= 15 is 0 Å². The van der Waals surface area contributed by atoms with Crippen LogP contribution < -0.4 is 0 Å². The van der Waals surface area contributed by atoms with Crippen molar-refractivity contribution in [1.82, 2.24) is 9.88 Å². The van der Waals surface area contributed by atoms with Gasteiger partial charge in [0.15, 0.2) is 0 Å². The summed E-state index contributed by atoms with van der Waals surface area (Å²) in [7, 11) is 0. The molecule has 1 fully saturated rings. The Bertz CT molecular complexity index is 485. The molecule has 3 rings (SSSR count). The van der Waals surface area contributed by atoms with Crippen molar-refractivity contribution >= 4 is 21.6 Å². The van der Waals surface area contributed by atoms with Crippen molar-refractivity contribution in [2.45, 2.75) is 38.6 Å². The zero-order valence-electron chi connectivity index (χ0n) is 10.9. The highest BCUT2D eigenvalue weighted by molar-refractivity contribution is 7.18. The lowest BCUT2D eigenvalue weighted by atomic mass is 10.0. The minimum Gasteiger partial charge on any atom is -0.294 e. The molecular weight excluding hydrogens is 240 g/mol. The standard InChI is InChI=1S/C15H20N2S/c1-2-10-17-11-6-5-8-13(17)15-16-12-7-3-4-9-14(12)18-15/h3-4,7,9,13H,2,5-6,8,10-11H2,1H3. The van der Waals surface area contributed by atoms with Gasteiger partial charge in [-0.2, -0.15) is 0 Å². The van der Waals surface area contributed by atoms with E-state index in [1.807, 2.05) is 11.3 Å². The van der Waals surface area contributed by atoms with Gasteiger partial charge in [0.05, 0.1) is 16.3 Å². The van der Waals surface area contributed by atoms with Crippen LogP contribution in [0.15, 0.2) is 24.3 Å². The minimum absolute atomic E-state index is 0.566. The van der Waals surface area contributed by atoms with Gasteiger partial charge in [-0.3, -0.25) is 4.90 Å². The highest BCUT2D eigenvalue weighted by atomic mass is 32.1. The van der Waals surface area contributed by atoms with Crippen LogP contribution in [-0.2, 0) is 0 Å². The Kier molecular flexibility index (Phi) is 3.62. The van der Waals surface area contributed by atoms with E-state index in [1.165, 1.54) is 54.0 Å². The Morgan fingerprint density at radius 2 is 2.22 bits per heavy atom. The van der Waals surface area contributed by atoms with Gasteiger partial charge in [0.1, 0.15) is 5.01 Å². The molecule has 0 bridgehead atoms. The molecule has 1 unspecified atom stereocenters. The second-order valence-corrected chi connectivity index (χ2v) is 6.13. The van der Waals surface area contributed by atoms with Gasteiger partial charge in [-0.15, -0.1) is 11.3 Å². The maximum absolute atomic E-state index is 4.85. The lowest BCUT2D eigenvalue weighted by Gasteiger charge is -2.34. The molecule has 0 aliphatic carbocycles. The largest absolute Gasteiger partial charge is 0.294 e. The fraction of sp³-hybridized carbons (Fsp3) is 0.533. The quantitative estimate of drug-likeness (QED) is 0.821. The average molecular weight is 260 g/mol. The van der Waals surface area contributed by atoms with E-state index in [-0.39, 0.29) is 0 Å². The zero-order chi connectivity index (χ0) is 12.4. The first kappa shape index (κ1) is 12.1. The average Bonchev–Trinajstić information content (AvgIpc) is 2.83. The number of rotatable bonds is 3. The van der Waals surface area contributed by atoms with Crippen LogP contribution >= 0.6 is 11.3 Å². The first-order chi connectivity index (χ1) is 8.88. The van der Waals surface area contributed by atoms with Crippen molar-refractivity contribution in [3.8, 4) is 0 Å². The van der Waals surface area contributed by atoms with Crippen LogP contribution in [0.4, 0.5) is 0 Å². The first-order valence-corrected chi connectivity index (χ1v) is 7.79. The Hall–Kier alpha value is -0.930. The summed E-state index contributed by atoms with van der Waals surface area (Å²) in [5.41, 5.74) is 1.17. The van der Waals surface area contributed by atoms with Crippen LogP contribution in [0.2, 0.25) is 0 Å². The molecule has 0 amide bonds. The van der Waals surface area contributed by atoms with Gasteiger partial charge in [0.2, 0.25) is 0 Å². The van der Waals surface area contributed by atoms with Gasteiger partial charge in [0.25, 0.3) is 0 Å². The lowest BCUT2D eigenvalue weighted by molar-refractivity contribution is 0.149. The number of piperidine rings is 1. The topological polar surface area (TPSA) is 16.1 Å². The maximum atomic E-state index is 4.85. The van der Waals surface area contributed by atoms with Gasteiger partial charge >= 0.3 is 0 Å². The van der Waals surface area contributed by atoms with E-state index in [0.29, 0.717) is 6.04 Å². The van der Waals surface area contributed by atoms with Gasteiger partial charge in [0, 0.05) is 0 Å². The normalized spacial score (nSPS) is 21.5. The van der Waals surface area contributed by atoms with Crippen LogP contribution in [0.25, 0.3) is 10.2 Å². The fourth-order valence-corrected chi connectivity index (χ4v) is 4.00. The zero-order valence-corrected chi connectivity index (χ0v) is 11.7. The van der Waals surface area contributed by atoms with Crippen LogP contribution in [0.1, 0.15) is 43.7 Å². The van der Waals surface area contributed by atoms with E-state index in [2.05, 4.69) is 36.1 Å². The molecule has 1 aromatic heterocycles. The predicted molar refractivity (Wildman–Crippen MR) is 78.1 cm³/mol. The predicted octanol–water partition coefficient (Wildman–Crippen LogP) is 4.23. The molecule has 1 aliphatic rings. The molecule has 0 N–H and O–H groups in total. The molecule has 18 heavy (non-hydrogen) atoms. The smallest absolute Gasteiger partial charge is 0.111 e. The van der Waals surface area contributed by atoms with Crippen molar-refractivity contribution in [3.05, 3.63) is 29.3 Å². The second kappa shape index (κ2) is 5.37. The molecule has 1 aliphatic heterocycles. The summed E-state index contributed by atoms with van der Waals surface area (Å²) in [6.07, 6.45) is 5.21. The number of hydrogen-bond acceptors (Lipinski definition) is 3. The third kappa shape index (κ3) is 2.29. The van der Waals surface area contributed by atoms with Crippen molar-refractivity contribution in [3.63, 3.8) is 0 Å². The third-order valence-corrected chi connectivity index (χ3v) is 4.86. The molecule has 1 saturated heterocycles. The molecule has 96 valence electrons. The van der Waals surface area contributed by atoms with Gasteiger partial charge in [-0.1, -0.05) is 25.5 Å². The second-order valence-electron chi connectivity index (χ2n) is 5.07. The van der Waals surface area contributed by atoms with E-state index in [0.717, 1.165) is 0 Å². The molecule has 2 heterocycles. The summed E-state index contributed by atoms with van der Waals surface area (Å²) in [5, 5.41) is 1.32. The first-order valence-electron chi connectivity index (χ1n) is 6.98. The van der Waals surface area contributed by atoms with Gasteiger partial charge in [-0.05, 0) is 44.5 Å². The van der Waals surface area contributed by atoms with Crippen LogP contribution in [0, 0.1) is 0 Å². The molecule has 0 radical (unpaired) electrons. The summed E-state index contributed by atoms with van der Waals surface area (Å²) in [4.78, 5) is 7.47. The maximum Gasteiger partial charge on any atom is 0.111 e. The fourth-order valence-electron chi connectivity index (χ4n) is 2.86. The SMILES string of the molecule is CCCN1CCCCC1c1nc2ccccc2s1. The van der Waals surface area contributed by atoms with Crippen LogP contribution in [0.5, 0.6) is 0 Å². The monoisotopic (exact) mass is 260 g/mol. The number of nitrogens with zero attached hydrogens (tertiary/aromatic N) is 2. The summed E-state index contributed by atoms with van der Waals surface area (Å²) < 4.78 is 1.33. The van der Waals surface area contributed by atoms with Crippen molar-refractivity contribution in [2.24, 2.45) is 0 Å². The van der Waals surface area contributed by atoms with Crippen LogP contribution in [-0.4, -0.2) is 23.0 Å². The lowest BCUT2D eigenvalue weighted by Crippen LogP contribution is -2.33. The summed E-state index contributed by atoms with van der Waals surface area (Å²) in [6, 6.07) is 9.06. The molecular formula is C15H20N2S. The minimum atomic E-state index is 0.566. The Labute approximate surface area is 113 Å². The molecule has 1 atom stereocenters. The molecule has 2 nitrogen and oxygen atoms in total. The number of fused-ring (bicyclic) bond motifs is 1. The van der Waals surface area contributed by atoms with Crippen molar-refractivity contribution in [1.29, 1.82) is 0 Å². The molecule has 1 aromatic carbocycles. The highest BCUT2D eigenvalue weighted by Crippen LogP contribution is 2.35. The number of likely N-dealkylation sites (tertiary alicyclic amines) is 1. The van der Waals surface area contributed by atoms with E-state index < -0.39 is 0 Å². The van der Waals surface area contributed by atoms with Crippen molar-refractivity contribution in [2.75, 3.05) is 13.1 Å². The number of aromatic nitrogens is 1. The number of hydrogen-bond donors (Lipinski definition) is 0. The summed E-state index contributed by atoms with van der Waals surface area (Å²) in [6.45, 7) is 4.72. The number of benzene rings is 1. The van der Waals surface area contributed by atoms with Crippen LogP contribution in [0.3, 0.4) is 0 Å². The van der Waals surface area contributed by atoms with E-state index in [1.54, 1.807) is 0 Å². The summed E-state index contributed by atoms with van der Waals surface area (Å²) in [5.74, 6) is 0. The van der Waals surface area contributed by atoms with Crippen molar-refractivity contribution < 1.29 is 0 Å². The third-order valence-electron chi connectivity index (χ3n) is 3.72. The van der Waals surface area contributed by atoms with Gasteiger partial charge in [-0.25, -0.2) is 4.98 Å². The number of thiazole rings is 1. The Morgan fingerprint density at radius 3 is 3.06 bits per heavy atom. The Morgan fingerprint density at radius 1 is 1.33 bits per heavy atom. The highest BCUT2D eigenvalue weighted by Gasteiger charge is 2.25. The van der Waals surface area contributed by atoms with Gasteiger partial charge < -0.3 is 0 Å². The molecule has 2 aromatic rings. The van der Waals surface area contributed by atoms with E-state index in [9.17, 15) is 0 Å². The number of para-hydroxylation sites is 1. The molecule has 3 heteroatoms.